The minimum absolute atomic E-state index is 0.0493. The third kappa shape index (κ3) is 3.55. The number of nitrogens with zero attached hydrogens (tertiary/aromatic N) is 1. The van der Waals surface area contributed by atoms with E-state index in [0.29, 0.717) is 16.2 Å². The zero-order chi connectivity index (χ0) is 23.3. The van der Waals surface area contributed by atoms with Crippen LogP contribution in [0.4, 0.5) is 4.79 Å². The van der Waals surface area contributed by atoms with E-state index >= 15 is 0 Å². The lowest BCUT2D eigenvalue weighted by molar-refractivity contribution is -0.122. The first kappa shape index (κ1) is 21.2. The number of urea groups is 1. The summed E-state index contributed by atoms with van der Waals surface area (Å²) in [7, 11) is 1.54. The number of hydrogen-bond donors (Lipinski definition) is 3. The fourth-order valence-electron chi connectivity index (χ4n) is 3.93. The number of imide groups is 1. The van der Waals surface area contributed by atoms with Crippen molar-refractivity contribution in [2.24, 2.45) is 0 Å². The molecule has 2 aromatic heterocycles. The van der Waals surface area contributed by atoms with Gasteiger partial charge in [-0.25, -0.2) is 4.79 Å². The lowest BCUT2D eigenvalue weighted by Gasteiger charge is -2.20. The second kappa shape index (κ2) is 7.73. The third-order valence-corrected chi connectivity index (χ3v) is 7.13. The van der Waals surface area contributed by atoms with E-state index in [1.807, 2.05) is 31.2 Å². The number of amides is 3. The molecule has 9 heteroatoms. The smallest absolute Gasteiger partial charge is 0.323 e. The zero-order valence-corrected chi connectivity index (χ0v) is 19.2. The van der Waals surface area contributed by atoms with Gasteiger partial charge in [0.05, 0.1) is 18.5 Å². The second-order valence-corrected chi connectivity index (χ2v) is 9.28. The number of aromatic nitrogens is 1. The quantitative estimate of drug-likeness (QED) is 0.304. The van der Waals surface area contributed by atoms with Gasteiger partial charge in [-0.2, -0.15) is 0 Å². The number of hydrogen-bond acceptors (Lipinski definition) is 5. The summed E-state index contributed by atoms with van der Waals surface area (Å²) in [6.07, 6.45) is 1.71. The number of carbonyl (C=O) groups is 2. The van der Waals surface area contributed by atoms with Crippen molar-refractivity contribution in [3.05, 3.63) is 58.1 Å². The van der Waals surface area contributed by atoms with Gasteiger partial charge < -0.3 is 19.7 Å². The van der Waals surface area contributed by atoms with Crippen molar-refractivity contribution in [3.8, 4) is 23.5 Å². The Morgan fingerprint density at radius 2 is 2.03 bits per heavy atom. The Balaban J connectivity index is 1.58. The molecular weight excluding hydrogens is 462 g/mol. The highest BCUT2D eigenvalue weighted by Crippen LogP contribution is 2.34. The molecule has 3 N–H and O–H groups in total. The standard InChI is InChI=1S/C24H18ClN3O4S/c1-13-17-9-15(25)4-6-20(17)33-19(13)7-8-24(22(30)26-23(31)27-24)12-28-11-14-3-5-16(32-2)10-18(14)21(28)29/h3-6,9-11,29H,12H2,1-2H3,(H2,26,27,30,31)/t24-/m1/s1. The first-order chi connectivity index (χ1) is 15.8. The number of aromatic hydroxyl groups is 1. The summed E-state index contributed by atoms with van der Waals surface area (Å²) in [6, 6.07) is 10.3. The molecule has 0 unspecified atom stereocenters. The summed E-state index contributed by atoms with van der Waals surface area (Å²) in [5.41, 5.74) is -0.597. The molecule has 1 atom stereocenters. The van der Waals surface area contributed by atoms with Crippen LogP contribution in [0.3, 0.4) is 0 Å². The number of rotatable bonds is 3. The highest BCUT2D eigenvalue weighted by atomic mass is 35.5. The van der Waals surface area contributed by atoms with Crippen LogP contribution in [-0.4, -0.2) is 34.3 Å². The van der Waals surface area contributed by atoms with Gasteiger partial charge in [0.15, 0.2) is 5.88 Å². The number of carbonyl (C=O) groups excluding carboxylic acids is 2. The van der Waals surface area contributed by atoms with E-state index in [1.165, 1.54) is 15.9 Å². The maximum Gasteiger partial charge on any atom is 0.323 e. The van der Waals surface area contributed by atoms with Crippen molar-refractivity contribution in [1.82, 2.24) is 15.2 Å². The van der Waals surface area contributed by atoms with E-state index < -0.39 is 17.5 Å². The SMILES string of the molecule is COc1ccc2cn(C[C@@]3(C#Cc4sc5ccc(Cl)cc5c4C)NC(=O)NC3=O)c(O)c2c1. The predicted octanol–water partition coefficient (Wildman–Crippen LogP) is 4.16. The second-order valence-electron chi connectivity index (χ2n) is 7.79. The number of ether oxygens (including phenoxy) is 1. The van der Waals surface area contributed by atoms with Crippen molar-refractivity contribution in [2.45, 2.75) is 19.0 Å². The van der Waals surface area contributed by atoms with Crippen molar-refractivity contribution in [3.63, 3.8) is 0 Å². The largest absolute Gasteiger partial charge is 0.497 e. The average molecular weight is 480 g/mol. The topological polar surface area (TPSA) is 92.6 Å². The lowest BCUT2D eigenvalue weighted by Crippen LogP contribution is -2.49. The van der Waals surface area contributed by atoms with E-state index in [0.717, 1.165) is 25.9 Å². The summed E-state index contributed by atoms with van der Waals surface area (Å²) in [5.74, 6) is 6.03. The van der Waals surface area contributed by atoms with Crippen molar-refractivity contribution in [1.29, 1.82) is 0 Å². The van der Waals surface area contributed by atoms with Crippen LogP contribution >= 0.6 is 22.9 Å². The molecular formula is C24H18ClN3O4S. The molecule has 1 saturated heterocycles. The maximum atomic E-state index is 12.8. The van der Waals surface area contributed by atoms with Crippen molar-refractivity contribution in [2.75, 3.05) is 7.11 Å². The molecule has 0 aliphatic carbocycles. The molecule has 0 spiro atoms. The molecule has 1 fully saturated rings. The predicted molar refractivity (Wildman–Crippen MR) is 128 cm³/mol. The van der Waals surface area contributed by atoms with Crippen LogP contribution in [0.2, 0.25) is 5.02 Å². The number of fused-ring (bicyclic) bond motifs is 2. The molecule has 1 aliphatic heterocycles. The molecule has 0 saturated carbocycles. The molecule has 2 aromatic carbocycles. The molecule has 5 rings (SSSR count). The summed E-state index contributed by atoms with van der Waals surface area (Å²) in [4.78, 5) is 25.7. The van der Waals surface area contributed by atoms with Gasteiger partial charge in [-0.05, 0) is 54.3 Å². The summed E-state index contributed by atoms with van der Waals surface area (Å²) in [6.45, 7) is 1.87. The number of benzene rings is 2. The molecule has 1 aliphatic rings. The van der Waals surface area contributed by atoms with Gasteiger partial charge in [-0.15, -0.1) is 11.3 Å². The van der Waals surface area contributed by atoms with E-state index in [2.05, 4.69) is 22.5 Å². The zero-order valence-electron chi connectivity index (χ0n) is 17.7. The monoisotopic (exact) mass is 479 g/mol. The average Bonchev–Trinajstić information content (AvgIpc) is 3.38. The maximum absolute atomic E-state index is 12.8. The normalized spacial score (nSPS) is 17.7. The first-order valence-electron chi connectivity index (χ1n) is 10.0. The Hall–Kier alpha value is -3.67. The van der Waals surface area contributed by atoms with Crippen LogP contribution in [-0.2, 0) is 11.3 Å². The van der Waals surface area contributed by atoms with Gasteiger partial charge >= 0.3 is 6.03 Å². The van der Waals surface area contributed by atoms with Crippen LogP contribution in [0, 0.1) is 18.8 Å². The highest BCUT2D eigenvalue weighted by molar-refractivity contribution is 7.19. The molecule has 0 radical (unpaired) electrons. The Labute approximate surface area is 197 Å². The fourth-order valence-corrected chi connectivity index (χ4v) is 5.15. The Morgan fingerprint density at radius 1 is 1.21 bits per heavy atom. The van der Waals surface area contributed by atoms with E-state index in [4.69, 9.17) is 16.3 Å². The summed E-state index contributed by atoms with van der Waals surface area (Å²) < 4.78 is 7.76. The first-order valence-corrected chi connectivity index (χ1v) is 11.2. The minimum atomic E-state index is -1.55. The molecule has 4 aromatic rings. The minimum Gasteiger partial charge on any atom is -0.497 e. The molecule has 0 bridgehead atoms. The number of aryl methyl sites for hydroxylation is 1. The number of thiophene rings is 1. The van der Waals surface area contributed by atoms with Crippen LogP contribution in [0.25, 0.3) is 20.9 Å². The molecule has 33 heavy (non-hydrogen) atoms. The number of methoxy groups -OCH3 is 1. The molecule has 7 nitrogen and oxygen atoms in total. The van der Waals surface area contributed by atoms with Crippen molar-refractivity contribution < 1.29 is 19.4 Å². The number of halogens is 1. The van der Waals surface area contributed by atoms with Gasteiger partial charge in [0.2, 0.25) is 5.54 Å². The van der Waals surface area contributed by atoms with Crippen LogP contribution in [0.15, 0.2) is 42.6 Å². The molecule has 3 amide bonds. The van der Waals surface area contributed by atoms with Gasteiger partial charge in [0, 0.05) is 26.7 Å². The highest BCUT2D eigenvalue weighted by Gasteiger charge is 2.46. The van der Waals surface area contributed by atoms with E-state index in [1.54, 1.807) is 25.4 Å². The van der Waals surface area contributed by atoms with Crippen molar-refractivity contribution >= 4 is 55.7 Å². The summed E-state index contributed by atoms with van der Waals surface area (Å²) in [5, 5.41) is 18.7. The van der Waals surface area contributed by atoms with Gasteiger partial charge in [-0.3, -0.25) is 10.1 Å². The van der Waals surface area contributed by atoms with Gasteiger partial charge in [0.25, 0.3) is 5.91 Å². The molecule has 166 valence electrons. The van der Waals surface area contributed by atoms with Gasteiger partial charge in [-0.1, -0.05) is 23.4 Å². The van der Waals surface area contributed by atoms with E-state index in [9.17, 15) is 14.7 Å². The molecule has 3 heterocycles. The van der Waals surface area contributed by atoms with Crippen LogP contribution < -0.4 is 15.4 Å². The number of nitrogens with one attached hydrogen (secondary N) is 2. The summed E-state index contributed by atoms with van der Waals surface area (Å²) >= 11 is 7.62. The van der Waals surface area contributed by atoms with E-state index in [-0.39, 0.29) is 12.4 Å². The Bertz CT molecular complexity index is 1530. The fraction of sp³-hybridized carbons (Fsp3) is 0.167. The van der Waals surface area contributed by atoms with Crippen LogP contribution in [0.1, 0.15) is 10.4 Å². The van der Waals surface area contributed by atoms with Crippen LogP contribution in [0.5, 0.6) is 11.6 Å². The van der Waals surface area contributed by atoms with Gasteiger partial charge in [0.1, 0.15) is 5.75 Å². The third-order valence-electron chi connectivity index (χ3n) is 5.71. The lowest BCUT2D eigenvalue weighted by atomic mass is 10.00. The Morgan fingerprint density at radius 3 is 2.76 bits per heavy atom. The Kier molecular flexibility index (Phi) is 4.96.